The number of pyridine rings is 1. The van der Waals surface area contributed by atoms with E-state index in [1.807, 2.05) is 18.2 Å². The van der Waals surface area contributed by atoms with Crippen LogP contribution in [0.25, 0.3) is 10.9 Å². The molecule has 1 aliphatic rings. The van der Waals surface area contributed by atoms with E-state index in [4.69, 9.17) is 4.74 Å². The van der Waals surface area contributed by atoms with Crippen molar-refractivity contribution in [2.75, 3.05) is 37.7 Å². The van der Waals surface area contributed by atoms with Gasteiger partial charge >= 0.3 is 0 Å². The van der Waals surface area contributed by atoms with Gasteiger partial charge < -0.3 is 14.6 Å². The number of hydrogen-bond acceptors (Lipinski definition) is 5. The molecule has 0 unspecified atom stereocenters. The van der Waals surface area contributed by atoms with Gasteiger partial charge in [-0.2, -0.15) is 4.31 Å². The second-order valence-corrected chi connectivity index (χ2v) is 9.25. The summed E-state index contributed by atoms with van der Waals surface area (Å²) in [5.41, 5.74) is 0.695. The molecule has 1 aromatic heterocycles. The number of H-pyrrole nitrogens is 1. The zero-order chi connectivity index (χ0) is 22.7. The van der Waals surface area contributed by atoms with Gasteiger partial charge in [0, 0.05) is 42.3 Å². The van der Waals surface area contributed by atoms with Crippen molar-refractivity contribution in [2.45, 2.75) is 4.90 Å². The van der Waals surface area contributed by atoms with Gasteiger partial charge in [-0.3, -0.25) is 9.59 Å². The van der Waals surface area contributed by atoms with Gasteiger partial charge in [0.2, 0.25) is 15.6 Å². The summed E-state index contributed by atoms with van der Waals surface area (Å²) in [5, 5.41) is 0.355. The summed E-state index contributed by atoms with van der Waals surface area (Å²) in [4.78, 5) is 30.0. The summed E-state index contributed by atoms with van der Waals surface area (Å²) in [6.07, 6.45) is 1.59. The van der Waals surface area contributed by atoms with Crippen LogP contribution in [0.15, 0.2) is 76.9 Å². The number of rotatable bonds is 6. The maximum atomic E-state index is 13.5. The Morgan fingerprint density at radius 1 is 1.12 bits per heavy atom. The van der Waals surface area contributed by atoms with Gasteiger partial charge in [-0.25, -0.2) is 8.42 Å². The normalized spacial score (nSPS) is 14.9. The largest absolute Gasteiger partial charge is 0.379 e. The number of morpholine rings is 1. The van der Waals surface area contributed by atoms with Crippen molar-refractivity contribution in [3.63, 3.8) is 0 Å². The van der Waals surface area contributed by atoms with E-state index in [1.54, 1.807) is 18.2 Å². The summed E-state index contributed by atoms with van der Waals surface area (Å²) in [6, 6.07) is 14.6. The summed E-state index contributed by atoms with van der Waals surface area (Å²) in [5.74, 6) is -0.423. The van der Waals surface area contributed by atoms with Crippen LogP contribution in [-0.4, -0.2) is 56.5 Å². The molecule has 8 nitrogen and oxygen atoms in total. The molecule has 1 amide bonds. The van der Waals surface area contributed by atoms with Crippen LogP contribution in [0.2, 0.25) is 0 Å². The van der Waals surface area contributed by atoms with Gasteiger partial charge in [-0.1, -0.05) is 24.3 Å². The van der Waals surface area contributed by atoms with Crippen molar-refractivity contribution in [1.82, 2.24) is 9.29 Å². The van der Waals surface area contributed by atoms with Crippen LogP contribution in [0.5, 0.6) is 0 Å². The molecule has 0 aliphatic carbocycles. The minimum Gasteiger partial charge on any atom is -0.379 e. The fourth-order valence-corrected chi connectivity index (χ4v) is 5.13. The van der Waals surface area contributed by atoms with Crippen LogP contribution in [0.3, 0.4) is 0 Å². The Morgan fingerprint density at radius 2 is 1.84 bits per heavy atom. The number of amides is 1. The Bertz CT molecular complexity index is 1310. The number of aromatic nitrogens is 1. The van der Waals surface area contributed by atoms with E-state index in [-0.39, 0.29) is 30.1 Å². The lowest BCUT2D eigenvalue weighted by Gasteiger charge is -2.26. The van der Waals surface area contributed by atoms with Gasteiger partial charge in [0.15, 0.2) is 0 Å². The fraction of sp³-hybridized carbons (Fsp3) is 0.217. The van der Waals surface area contributed by atoms with Crippen molar-refractivity contribution >= 4 is 32.5 Å². The number of anilines is 1. The van der Waals surface area contributed by atoms with E-state index in [2.05, 4.69) is 11.6 Å². The molecule has 0 bridgehead atoms. The number of carbonyl (C=O) groups is 1. The molecule has 1 saturated heterocycles. The highest BCUT2D eigenvalue weighted by Gasteiger charge is 2.27. The first-order valence-electron chi connectivity index (χ1n) is 10.1. The molecule has 0 spiro atoms. The molecule has 9 heteroatoms. The number of hydrogen-bond donors (Lipinski definition) is 1. The number of sulfonamides is 1. The number of nitrogens with zero attached hydrogens (tertiary/aromatic N) is 2. The molecule has 166 valence electrons. The molecule has 3 aromatic rings. The number of ether oxygens (including phenoxy) is 1. The number of benzene rings is 2. The molecule has 2 aromatic carbocycles. The molecule has 0 atom stereocenters. The maximum Gasteiger partial charge on any atom is 0.259 e. The highest BCUT2D eigenvalue weighted by Crippen LogP contribution is 2.25. The Labute approximate surface area is 185 Å². The lowest BCUT2D eigenvalue weighted by molar-refractivity contribution is 0.0730. The van der Waals surface area contributed by atoms with Crippen LogP contribution < -0.4 is 10.5 Å². The lowest BCUT2D eigenvalue weighted by atomic mass is 10.1. The molecule has 32 heavy (non-hydrogen) atoms. The third-order valence-corrected chi connectivity index (χ3v) is 7.17. The summed E-state index contributed by atoms with van der Waals surface area (Å²) in [7, 11) is -3.77. The van der Waals surface area contributed by atoms with Crippen LogP contribution in [0, 0.1) is 0 Å². The van der Waals surface area contributed by atoms with Crippen LogP contribution in [0.1, 0.15) is 10.4 Å². The smallest absolute Gasteiger partial charge is 0.259 e. The highest BCUT2D eigenvalue weighted by molar-refractivity contribution is 7.89. The van der Waals surface area contributed by atoms with Crippen molar-refractivity contribution < 1.29 is 17.9 Å². The SMILES string of the molecule is C=CCN(C(=O)c1cc(=O)[nH]c2ccc(S(=O)(=O)N3CCOCC3)cc12)c1ccccc1. The molecular formula is C23H23N3O5S. The average molecular weight is 454 g/mol. The number of nitrogens with one attached hydrogen (secondary N) is 1. The quantitative estimate of drug-likeness (QED) is 0.578. The zero-order valence-electron chi connectivity index (χ0n) is 17.4. The summed E-state index contributed by atoms with van der Waals surface area (Å²) >= 11 is 0. The van der Waals surface area contributed by atoms with E-state index in [1.165, 1.54) is 33.5 Å². The molecule has 0 radical (unpaired) electrons. The Kier molecular flexibility index (Phi) is 6.22. The third kappa shape index (κ3) is 4.22. The molecule has 2 heterocycles. The van der Waals surface area contributed by atoms with Crippen LogP contribution >= 0.6 is 0 Å². The van der Waals surface area contributed by atoms with Gasteiger partial charge in [0.25, 0.3) is 5.91 Å². The predicted molar refractivity (Wildman–Crippen MR) is 122 cm³/mol. The van der Waals surface area contributed by atoms with Gasteiger partial charge in [-0.05, 0) is 30.3 Å². The summed E-state index contributed by atoms with van der Waals surface area (Å²) in [6.45, 7) is 5.14. The zero-order valence-corrected chi connectivity index (χ0v) is 18.2. The van der Waals surface area contributed by atoms with Crippen molar-refractivity contribution in [3.05, 3.63) is 83.2 Å². The second kappa shape index (κ2) is 9.07. The number of para-hydroxylation sites is 1. The van der Waals surface area contributed by atoms with Gasteiger partial charge in [0.1, 0.15) is 0 Å². The Balaban J connectivity index is 1.83. The van der Waals surface area contributed by atoms with Crippen molar-refractivity contribution in [1.29, 1.82) is 0 Å². The lowest BCUT2D eigenvalue weighted by Crippen LogP contribution is -2.40. The number of carbonyl (C=O) groups excluding carboxylic acids is 1. The van der Waals surface area contributed by atoms with E-state index in [0.717, 1.165) is 0 Å². The van der Waals surface area contributed by atoms with E-state index >= 15 is 0 Å². The average Bonchev–Trinajstić information content (AvgIpc) is 2.82. The van der Waals surface area contributed by atoms with E-state index in [0.29, 0.717) is 29.8 Å². The minimum absolute atomic E-state index is 0.0583. The Hall–Kier alpha value is -3.27. The standard InChI is InChI=1S/C23H23N3O5S/c1-2-10-26(17-6-4-3-5-7-17)23(28)20-16-22(27)24-21-9-8-18(15-19(20)21)32(29,30)25-11-13-31-14-12-25/h2-9,15-16H,1,10-14H2,(H,24,27). The van der Waals surface area contributed by atoms with Gasteiger partial charge in [-0.15, -0.1) is 6.58 Å². The van der Waals surface area contributed by atoms with E-state index < -0.39 is 21.5 Å². The molecule has 1 aliphatic heterocycles. The Morgan fingerprint density at radius 3 is 2.53 bits per heavy atom. The molecule has 1 fully saturated rings. The predicted octanol–water partition coefficient (Wildman–Crippen LogP) is 2.38. The number of fused-ring (bicyclic) bond motifs is 1. The van der Waals surface area contributed by atoms with Crippen LogP contribution in [-0.2, 0) is 14.8 Å². The van der Waals surface area contributed by atoms with Crippen molar-refractivity contribution in [2.24, 2.45) is 0 Å². The molecule has 4 rings (SSSR count). The summed E-state index contributed by atoms with van der Waals surface area (Å²) < 4.78 is 32.9. The van der Waals surface area contributed by atoms with Crippen LogP contribution in [0.4, 0.5) is 5.69 Å². The minimum atomic E-state index is -3.77. The highest BCUT2D eigenvalue weighted by atomic mass is 32.2. The first kappa shape index (κ1) is 21.9. The maximum absolute atomic E-state index is 13.5. The van der Waals surface area contributed by atoms with Gasteiger partial charge in [0.05, 0.1) is 23.7 Å². The molecular weight excluding hydrogens is 430 g/mol. The fourth-order valence-electron chi connectivity index (χ4n) is 3.69. The third-order valence-electron chi connectivity index (χ3n) is 5.28. The topological polar surface area (TPSA) is 99.8 Å². The second-order valence-electron chi connectivity index (χ2n) is 7.31. The number of aromatic amines is 1. The first-order chi connectivity index (χ1) is 15.4. The molecule has 0 saturated carbocycles. The monoisotopic (exact) mass is 453 g/mol. The first-order valence-corrected chi connectivity index (χ1v) is 11.6. The molecule has 1 N–H and O–H groups in total. The van der Waals surface area contributed by atoms with E-state index in [9.17, 15) is 18.0 Å². The van der Waals surface area contributed by atoms with Crippen molar-refractivity contribution in [3.8, 4) is 0 Å².